The third-order valence-electron chi connectivity index (χ3n) is 6.63. The van der Waals surface area contributed by atoms with Gasteiger partial charge < -0.3 is 9.13 Å². The summed E-state index contributed by atoms with van der Waals surface area (Å²) >= 11 is 0. The first-order valence-corrected chi connectivity index (χ1v) is 11.2. The van der Waals surface area contributed by atoms with Crippen LogP contribution in [0.4, 0.5) is 0 Å². The number of hydrogen-bond acceptors (Lipinski definition) is 2. The number of hydrogen-bond donors (Lipinski definition) is 0. The Morgan fingerprint density at radius 1 is 0.515 bits per heavy atom. The standard InChI is InChI=1S/C29H22N2O2/c32-18-20-10-12-28-24(16-20)22-6-1-3-8-26(22)30(28)14-5-15-31-27-9-4-2-7-23(27)25-17-21(19-33)11-13-29(25)31/h1-4,6-13,16-19H,5,14-15H2. The number of para-hydroxylation sites is 2. The fourth-order valence-electron chi connectivity index (χ4n) is 5.16. The number of aryl methyl sites for hydroxylation is 2. The second-order valence-electron chi connectivity index (χ2n) is 8.48. The molecule has 33 heavy (non-hydrogen) atoms. The van der Waals surface area contributed by atoms with Crippen LogP contribution in [0.15, 0.2) is 84.9 Å². The smallest absolute Gasteiger partial charge is 0.150 e. The molecule has 4 heteroatoms. The Kier molecular flexibility index (Phi) is 4.58. The van der Waals surface area contributed by atoms with Crippen LogP contribution in [-0.2, 0) is 13.1 Å². The predicted octanol–water partition coefficient (Wildman–Crippen LogP) is 6.62. The van der Waals surface area contributed by atoms with Gasteiger partial charge in [-0.05, 0) is 55.0 Å². The van der Waals surface area contributed by atoms with Gasteiger partial charge in [0.05, 0.1) is 0 Å². The molecule has 0 amide bonds. The largest absolute Gasteiger partial charge is 0.340 e. The van der Waals surface area contributed by atoms with Gasteiger partial charge in [-0.25, -0.2) is 0 Å². The molecule has 0 atom stereocenters. The Morgan fingerprint density at radius 3 is 1.39 bits per heavy atom. The molecule has 4 nitrogen and oxygen atoms in total. The Balaban J connectivity index is 1.40. The number of fused-ring (bicyclic) bond motifs is 6. The van der Waals surface area contributed by atoms with Crippen molar-refractivity contribution in [2.24, 2.45) is 0 Å². The van der Waals surface area contributed by atoms with Gasteiger partial charge in [-0.3, -0.25) is 9.59 Å². The van der Waals surface area contributed by atoms with Gasteiger partial charge in [-0.2, -0.15) is 0 Å². The van der Waals surface area contributed by atoms with Gasteiger partial charge in [0.15, 0.2) is 0 Å². The molecule has 0 N–H and O–H groups in total. The monoisotopic (exact) mass is 430 g/mol. The molecule has 0 saturated carbocycles. The molecule has 0 unspecified atom stereocenters. The van der Waals surface area contributed by atoms with E-state index in [1.54, 1.807) is 0 Å². The van der Waals surface area contributed by atoms with E-state index in [1.807, 2.05) is 36.4 Å². The van der Waals surface area contributed by atoms with Gasteiger partial charge in [-0.15, -0.1) is 0 Å². The zero-order chi connectivity index (χ0) is 22.4. The average Bonchev–Trinajstić information content (AvgIpc) is 3.36. The lowest BCUT2D eigenvalue weighted by Gasteiger charge is -2.11. The van der Waals surface area contributed by atoms with Gasteiger partial charge in [-0.1, -0.05) is 36.4 Å². The van der Waals surface area contributed by atoms with Gasteiger partial charge in [0, 0.05) is 67.8 Å². The zero-order valence-corrected chi connectivity index (χ0v) is 18.1. The topological polar surface area (TPSA) is 44.0 Å². The molecule has 0 radical (unpaired) electrons. The Bertz CT molecular complexity index is 1560. The van der Waals surface area contributed by atoms with E-state index < -0.39 is 0 Å². The normalized spacial score (nSPS) is 11.6. The van der Waals surface area contributed by atoms with Crippen molar-refractivity contribution in [3.63, 3.8) is 0 Å². The summed E-state index contributed by atoms with van der Waals surface area (Å²) in [5, 5.41) is 4.59. The van der Waals surface area contributed by atoms with E-state index in [1.165, 1.54) is 21.8 Å². The maximum atomic E-state index is 11.3. The second-order valence-corrected chi connectivity index (χ2v) is 8.48. The summed E-state index contributed by atoms with van der Waals surface area (Å²) in [4.78, 5) is 22.6. The first-order chi connectivity index (χ1) is 16.3. The Labute approximate surface area is 190 Å². The Morgan fingerprint density at radius 2 is 0.939 bits per heavy atom. The summed E-state index contributed by atoms with van der Waals surface area (Å²) < 4.78 is 4.72. The van der Waals surface area contributed by atoms with Crippen molar-refractivity contribution in [2.75, 3.05) is 0 Å². The van der Waals surface area contributed by atoms with Crippen LogP contribution in [0.25, 0.3) is 43.6 Å². The van der Waals surface area contributed by atoms with Gasteiger partial charge in [0.1, 0.15) is 12.6 Å². The molecule has 0 saturated heterocycles. The molecular weight excluding hydrogens is 408 g/mol. The fourth-order valence-corrected chi connectivity index (χ4v) is 5.16. The van der Waals surface area contributed by atoms with Crippen molar-refractivity contribution in [1.29, 1.82) is 0 Å². The van der Waals surface area contributed by atoms with Crippen molar-refractivity contribution >= 4 is 56.2 Å². The molecule has 2 heterocycles. The van der Waals surface area contributed by atoms with Gasteiger partial charge >= 0.3 is 0 Å². The third-order valence-corrected chi connectivity index (χ3v) is 6.63. The van der Waals surface area contributed by atoms with E-state index in [2.05, 4.69) is 57.7 Å². The summed E-state index contributed by atoms with van der Waals surface area (Å²) in [5.74, 6) is 0. The molecule has 0 aliphatic carbocycles. The molecule has 160 valence electrons. The lowest BCUT2D eigenvalue weighted by molar-refractivity contribution is 0.111. The van der Waals surface area contributed by atoms with Crippen LogP contribution >= 0.6 is 0 Å². The van der Waals surface area contributed by atoms with Crippen LogP contribution < -0.4 is 0 Å². The summed E-state index contributed by atoms with van der Waals surface area (Å²) in [7, 11) is 0. The summed E-state index contributed by atoms with van der Waals surface area (Å²) in [6.45, 7) is 1.73. The molecular formula is C29H22N2O2. The molecule has 0 bridgehead atoms. The van der Waals surface area contributed by atoms with Crippen LogP contribution in [0.2, 0.25) is 0 Å². The minimum Gasteiger partial charge on any atom is -0.340 e. The highest BCUT2D eigenvalue weighted by atomic mass is 16.1. The van der Waals surface area contributed by atoms with Crippen molar-refractivity contribution in [1.82, 2.24) is 9.13 Å². The van der Waals surface area contributed by atoms with E-state index in [9.17, 15) is 9.59 Å². The van der Waals surface area contributed by atoms with Crippen molar-refractivity contribution < 1.29 is 9.59 Å². The van der Waals surface area contributed by atoms with Crippen molar-refractivity contribution in [2.45, 2.75) is 19.5 Å². The van der Waals surface area contributed by atoms with Gasteiger partial charge in [0.2, 0.25) is 0 Å². The third kappa shape index (κ3) is 3.06. The second kappa shape index (κ2) is 7.75. The lowest BCUT2D eigenvalue weighted by atomic mass is 10.1. The summed E-state index contributed by atoms with van der Waals surface area (Å²) in [6.07, 6.45) is 2.76. The highest BCUT2D eigenvalue weighted by molar-refractivity contribution is 6.10. The molecule has 6 aromatic rings. The predicted molar refractivity (Wildman–Crippen MR) is 134 cm³/mol. The SMILES string of the molecule is O=Cc1ccc2c(c1)c1ccccc1n2CCCn1c2ccccc2c2cc(C=O)ccc21. The first kappa shape index (κ1) is 19.5. The lowest BCUT2D eigenvalue weighted by Crippen LogP contribution is -2.04. The summed E-state index contributed by atoms with van der Waals surface area (Å²) in [5.41, 5.74) is 6.08. The maximum Gasteiger partial charge on any atom is 0.150 e. The average molecular weight is 431 g/mol. The fraction of sp³-hybridized carbons (Fsp3) is 0.103. The van der Waals surface area contributed by atoms with E-state index in [0.29, 0.717) is 11.1 Å². The number of carbonyl (C=O) groups is 2. The molecule has 2 aromatic heterocycles. The van der Waals surface area contributed by atoms with Crippen LogP contribution in [0.5, 0.6) is 0 Å². The molecule has 4 aromatic carbocycles. The minimum absolute atomic E-state index is 0.699. The highest BCUT2D eigenvalue weighted by Crippen LogP contribution is 2.32. The molecule has 0 spiro atoms. The Hall–Kier alpha value is -4.18. The number of rotatable bonds is 6. The number of benzene rings is 4. The number of nitrogens with zero attached hydrogens (tertiary/aromatic N) is 2. The van der Waals surface area contributed by atoms with Crippen LogP contribution in [0, 0.1) is 0 Å². The zero-order valence-electron chi connectivity index (χ0n) is 18.1. The van der Waals surface area contributed by atoms with Crippen LogP contribution in [0.1, 0.15) is 27.1 Å². The quantitative estimate of drug-likeness (QED) is 0.279. The minimum atomic E-state index is 0.699. The maximum absolute atomic E-state index is 11.3. The van der Waals surface area contributed by atoms with E-state index >= 15 is 0 Å². The van der Waals surface area contributed by atoms with E-state index in [4.69, 9.17) is 0 Å². The van der Waals surface area contributed by atoms with Crippen LogP contribution in [-0.4, -0.2) is 21.7 Å². The summed E-state index contributed by atoms with van der Waals surface area (Å²) in [6, 6.07) is 28.6. The van der Waals surface area contributed by atoms with Gasteiger partial charge in [0.25, 0.3) is 0 Å². The van der Waals surface area contributed by atoms with E-state index in [0.717, 1.165) is 53.9 Å². The number of aromatic nitrogens is 2. The molecule has 0 aliphatic rings. The number of aldehydes is 2. The highest BCUT2D eigenvalue weighted by Gasteiger charge is 2.13. The van der Waals surface area contributed by atoms with Crippen molar-refractivity contribution in [3.8, 4) is 0 Å². The molecule has 6 rings (SSSR count). The first-order valence-electron chi connectivity index (χ1n) is 11.2. The molecule has 0 aliphatic heterocycles. The number of carbonyl (C=O) groups excluding carboxylic acids is 2. The van der Waals surface area contributed by atoms with E-state index in [-0.39, 0.29) is 0 Å². The molecule has 0 fully saturated rings. The van der Waals surface area contributed by atoms with Crippen molar-refractivity contribution in [3.05, 3.63) is 96.1 Å². The van der Waals surface area contributed by atoms with Crippen LogP contribution in [0.3, 0.4) is 0 Å².